The van der Waals surface area contributed by atoms with E-state index in [9.17, 15) is 15.0 Å². The number of carboxylic acids is 1. The maximum absolute atomic E-state index is 11.6. The molecular formula is C13H22O3. The van der Waals surface area contributed by atoms with Crippen LogP contribution in [-0.2, 0) is 4.79 Å². The Labute approximate surface area is 96.9 Å². The van der Waals surface area contributed by atoms with Crippen molar-refractivity contribution in [2.45, 2.75) is 58.0 Å². The highest BCUT2D eigenvalue weighted by Gasteiger charge is 2.62. The van der Waals surface area contributed by atoms with Crippen molar-refractivity contribution in [1.29, 1.82) is 0 Å². The summed E-state index contributed by atoms with van der Waals surface area (Å²) >= 11 is 0. The zero-order chi connectivity index (χ0) is 12.0. The van der Waals surface area contributed by atoms with Crippen LogP contribution in [0.5, 0.6) is 0 Å². The smallest absolute Gasteiger partial charge is 0.312 e. The second-order valence-corrected chi connectivity index (χ2v) is 5.60. The van der Waals surface area contributed by atoms with Gasteiger partial charge in [0.1, 0.15) is 0 Å². The molecule has 0 aliphatic heterocycles. The fourth-order valence-corrected chi connectivity index (χ4v) is 4.24. The van der Waals surface area contributed by atoms with Gasteiger partial charge < -0.3 is 10.2 Å². The third-order valence-corrected chi connectivity index (χ3v) is 5.26. The van der Waals surface area contributed by atoms with Crippen LogP contribution in [0.15, 0.2) is 0 Å². The zero-order valence-corrected chi connectivity index (χ0v) is 10.2. The minimum absolute atomic E-state index is 0.216. The van der Waals surface area contributed by atoms with Gasteiger partial charge in [-0.15, -0.1) is 0 Å². The summed E-state index contributed by atoms with van der Waals surface area (Å²) in [6.45, 7) is 3.78. The van der Waals surface area contributed by atoms with Crippen molar-refractivity contribution in [1.82, 2.24) is 0 Å². The Balaban J connectivity index is 2.36. The van der Waals surface area contributed by atoms with Crippen molar-refractivity contribution in [3.63, 3.8) is 0 Å². The van der Waals surface area contributed by atoms with E-state index in [1.165, 1.54) is 6.42 Å². The van der Waals surface area contributed by atoms with Gasteiger partial charge >= 0.3 is 5.97 Å². The fourth-order valence-electron chi connectivity index (χ4n) is 4.24. The first-order valence-electron chi connectivity index (χ1n) is 6.46. The predicted molar refractivity (Wildman–Crippen MR) is 61.0 cm³/mol. The number of hydrogen-bond acceptors (Lipinski definition) is 2. The largest absolute Gasteiger partial charge is 0.481 e. The van der Waals surface area contributed by atoms with Gasteiger partial charge in [0.05, 0.1) is 11.0 Å². The summed E-state index contributed by atoms with van der Waals surface area (Å²) in [6.07, 6.45) is 4.97. The summed E-state index contributed by atoms with van der Waals surface area (Å²) < 4.78 is 0. The van der Waals surface area contributed by atoms with Crippen molar-refractivity contribution in [3.8, 4) is 0 Å². The molecule has 0 spiro atoms. The minimum Gasteiger partial charge on any atom is -0.481 e. The number of carbonyl (C=O) groups is 1. The third kappa shape index (κ3) is 1.27. The normalized spacial score (nSPS) is 37.9. The van der Waals surface area contributed by atoms with Gasteiger partial charge in [0, 0.05) is 0 Å². The van der Waals surface area contributed by atoms with Crippen LogP contribution >= 0.6 is 0 Å². The topological polar surface area (TPSA) is 57.5 Å². The van der Waals surface area contributed by atoms with Gasteiger partial charge in [-0.1, -0.05) is 13.8 Å². The number of aliphatic hydroxyl groups is 1. The van der Waals surface area contributed by atoms with E-state index in [1.807, 2.05) is 13.8 Å². The molecule has 3 unspecified atom stereocenters. The molecule has 2 fully saturated rings. The zero-order valence-electron chi connectivity index (χ0n) is 10.2. The van der Waals surface area contributed by atoms with Crippen LogP contribution in [0.4, 0.5) is 0 Å². The standard InChI is InChI=1S/C13H22O3/c1-3-12(4-2,11(14)15)13(16)8-9-5-6-10(13)7-9/h9-10,16H,3-8H2,1-2H3,(H,14,15). The maximum Gasteiger partial charge on any atom is 0.312 e. The lowest BCUT2D eigenvalue weighted by molar-refractivity contribution is -0.180. The van der Waals surface area contributed by atoms with E-state index in [2.05, 4.69) is 0 Å². The highest BCUT2D eigenvalue weighted by Crippen LogP contribution is 2.59. The Hall–Kier alpha value is -0.570. The highest BCUT2D eigenvalue weighted by atomic mass is 16.4. The van der Waals surface area contributed by atoms with Crippen LogP contribution in [0, 0.1) is 17.3 Å². The predicted octanol–water partition coefficient (Wildman–Crippen LogP) is 2.43. The maximum atomic E-state index is 11.6. The summed E-state index contributed by atoms with van der Waals surface area (Å²) in [5.74, 6) is -0.0344. The van der Waals surface area contributed by atoms with Gasteiger partial charge in [-0.3, -0.25) is 4.79 Å². The van der Waals surface area contributed by atoms with Crippen LogP contribution < -0.4 is 0 Å². The monoisotopic (exact) mass is 226 g/mol. The molecule has 3 nitrogen and oxygen atoms in total. The average molecular weight is 226 g/mol. The van der Waals surface area contributed by atoms with Crippen molar-refractivity contribution < 1.29 is 15.0 Å². The lowest BCUT2D eigenvalue weighted by atomic mass is 9.61. The molecule has 2 bridgehead atoms. The molecule has 3 heteroatoms. The Bertz CT molecular complexity index is 296. The van der Waals surface area contributed by atoms with E-state index < -0.39 is 17.0 Å². The van der Waals surface area contributed by atoms with E-state index in [4.69, 9.17) is 0 Å². The number of fused-ring (bicyclic) bond motifs is 2. The lowest BCUT2D eigenvalue weighted by Gasteiger charge is -2.46. The quantitative estimate of drug-likeness (QED) is 0.774. The molecule has 16 heavy (non-hydrogen) atoms. The highest BCUT2D eigenvalue weighted by molar-refractivity contribution is 5.76. The summed E-state index contributed by atoms with van der Waals surface area (Å²) in [4.78, 5) is 11.6. The molecule has 2 N–H and O–H groups in total. The van der Waals surface area contributed by atoms with Gasteiger partial charge in [-0.25, -0.2) is 0 Å². The van der Waals surface area contributed by atoms with E-state index in [-0.39, 0.29) is 5.92 Å². The fraction of sp³-hybridized carbons (Fsp3) is 0.923. The van der Waals surface area contributed by atoms with Crippen LogP contribution in [0.25, 0.3) is 0 Å². The summed E-state index contributed by atoms with van der Waals surface area (Å²) in [6, 6.07) is 0. The van der Waals surface area contributed by atoms with Gasteiger partial charge in [0.15, 0.2) is 0 Å². The van der Waals surface area contributed by atoms with Gasteiger partial charge in [-0.2, -0.15) is 0 Å². The first kappa shape index (κ1) is 11.9. The SMILES string of the molecule is CCC(CC)(C(=O)O)C1(O)CC2CCC1C2. The van der Waals surface area contributed by atoms with Gasteiger partial charge in [0.25, 0.3) is 0 Å². The molecule has 92 valence electrons. The van der Waals surface area contributed by atoms with Gasteiger partial charge in [-0.05, 0) is 50.4 Å². The van der Waals surface area contributed by atoms with E-state index in [0.717, 1.165) is 12.8 Å². The average Bonchev–Trinajstić information content (AvgIpc) is 2.79. The first-order chi connectivity index (χ1) is 7.50. The molecule has 2 aliphatic carbocycles. The Morgan fingerprint density at radius 1 is 1.38 bits per heavy atom. The number of rotatable bonds is 4. The molecule has 0 radical (unpaired) electrons. The lowest BCUT2D eigenvalue weighted by Crippen LogP contribution is -2.55. The van der Waals surface area contributed by atoms with Crippen molar-refractivity contribution in [2.24, 2.45) is 17.3 Å². The molecule has 0 aromatic rings. The van der Waals surface area contributed by atoms with Crippen molar-refractivity contribution in [2.75, 3.05) is 0 Å². The first-order valence-corrected chi connectivity index (χ1v) is 6.46. The van der Waals surface area contributed by atoms with Crippen LogP contribution in [0.3, 0.4) is 0 Å². The van der Waals surface area contributed by atoms with E-state index in [0.29, 0.717) is 25.2 Å². The minimum atomic E-state index is -0.953. The van der Waals surface area contributed by atoms with E-state index in [1.54, 1.807) is 0 Å². The van der Waals surface area contributed by atoms with Crippen LogP contribution in [0.2, 0.25) is 0 Å². The van der Waals surface area contributed by atoms with Crippen molar-refractivity contribution in [3.05, 3.63) is 0 Å². The Morgan fingerprint density at radius 2 is 2.00 bits per heavy atom. The molecule has 2 rings (SSSR count). The summed E-state index contributed by atoms with van der Waals surface area (Å²) in [5, 5.41) is 20.4. The third-order valence-electron chi connectivity index (χ3n) is 5.26. The summed E-state index contributed by atoms with van der Waals surface area (Å²) in [5.41, 5.74) is -1.88. The molecule has 3 atom stereocenters. The number of carboxylic acid groups (broad SMARTS) is 1. The van der Waals surface area contributed by atoms with Crippen LogP contribution in [-0.4, -0.2) is 21.8 Å². The molecule has 0 saturated heterocycles. The second kappa shape index (κ2) is 3.73. The molecule has 0 amide bonds. The molecule has 0 aromatic heterocycles. The molecule has 0 heterocycles. The Morgan fingerprint density at radius 3 is 2.31 bits per heavy atom. The molecular weight excluding hydrogens is 204 g/mol. The Kier molecular flexibility index (Phi) is 2.77. The van der Waals surface area contributed by atoms with E-state index >= 15 is 0 Å². The van der Waals surface area contributed by atoms with Crippen molar-refractivity contribution >= 4 is 5.97 Å². The number of aliphatic carboxylic acids is 1. The van der Waals surface area contributed by atoms with Gasteiger partial charge in [0.2, 0.25) is 0 Å². The summed E-state index contributed by atoms with van der Waals surface area (Å²) in [7, 11) is 0. The van der Waals surface area contributed by atoms with Crippen LogP contribution in [0.1, 0.15) is 52.4 Å². The molecule has 2 aliphatic rings. The number of hydrogen-bond donors (Lipinski definition) is 2. The molecule has 0 aromatic carbocycles. The second-order valence-electron chi connectivity index (χ2n) is 5.60. The molecule has 2 saturated carbocycles.